The molecule has 3 nitrogen and oxygen atoms in total. The summed E-state index contributed by atoms with van der Waals surface area (Å²) < 4.78 is 47.2. The first-order valence-corrected chi connectivity index (χ1v) is 10.8. The van der Waals surface area contributed by atoms with E-state index in [0.717, 1.165) is 27.5 Å². The SMILES string of the molecule is [2H]c1c(F)c([2H])c(-c2c(C)ccc3c2oc2c(-c4ccc5ccccc5c4)ccc([N+]#[C-])c23)[n+](C)c1[2H]. The highest BCUT2D eigenvalue weighted by molar-refractivity contribution is 6.18. The molecule has 4 aromatic carbocycles. The van der Waals surface area contributed by atoms with Crippen LogP contribution in [0, 0.1) is 19.3 Å². The molecule has 6 rings (SSSR count). The highest BCUT2D eigenvalue weighted by Gasteiger charge is 2.23. The minimum atomic E-state index is -1.05. The maximum Gasteiger partial charge on any atom is 0.219 e. The molecule has 0 aliphatic rings. The van der Waals surface area contributed by atoms with E-state index in [1.165, 1.54) is 4.57 Å². The van der Waals surface area contributed by atoms with Gasteiger partial charge in [-0.3, -0.25) is 0 Å². The zero-order chi connectivity index (χ0) is 26.0. The molecule has 0 spiro atoms. The summed E-state index contributed by atoms with van der Waals surface area (Å²) in [6.45, 7) is 9.62. The summed E-state index contributed by atoms with van der Waals surface area (Å²) in [4.78, 5) is 3.74. The Morgan fingerprint density at radius 1 is 1.00 bits per heavy atom. The predicted molar refractivity (Wildman–Crippen MR) is 134 cm³/mol. The molecule has 2 heterocycles. The molecular formula is C30H20FN2O+. The fraction of sp³-hybridized carbons (Fsp3) is 0.0667. The van der Waals surface area contributed by atoms with Crippen LogP contribution in [0.1, 0.15) is 9.68 Å². The maximum absolute atomic E-state index is 14.8. The molecule has 0 unspecified atom stereocenters. The minimum Gasteiger partial charge on any atom is -0.456 e. The lowest BCUT2D eigenvalue weighted by Gasteiger charge is -2.06. The van der Waals surface area contributed by atoms with Gasteiger partial charge in [0.05, 0.1) is 14.9 Å². The summed E-state index contributed by atoms with van der Waals surface area (Å²) in [5, 5.41) is 3.51. The summed E-state index contributed by atoms with van der Waals surface area (Å²) in [7, 11) is 1.54. The zero-order valence-electron chi connectivity index (χ0n) is 21.5. The van der Waals surface area contributed by atoms with Crippen molar-refractivity contribution in [2.24, 2.45) is 7.05 Å². The summed E-state index contributed by atoms with van der Waals surface area (Å²) >= 11 is 0. The number of halogens is 1. The van der Waals surface area contributed by atoms with E-state index in [1.807, 2.05) is 61.5 Å². The average molecular weight is 447 g/mol. The molecule has 0 amide bonds. The smallest absolute Gasteiger partial charge is 0.219 e. The summed E-state index contributed by atoms with van der Waals surface area (Å²) in [6, 6.07) is 20.5. The van der Waals surface area contributed by atoms with Gasteiger partial charge in [-0.2, -0.15) is 0 Å². The first kappa shape index (κ1) is 17.0. The average Bonchev–Trinajstić information content (AvgIpc) is 3.31. The lowest BCUT2D eigenvalue weighted by molar-refractivity contribution is -0.660. The standard InChI is InChI=1S/C30H20FN2O/c1-18-8-11-24-28-25(32-2)13-12-23(21-10-9-19-6-4-5-7-20(19)16-21)29(28)34-30(24)27(18)26-17-22(31)14-15-33(26)3/h4-17H,1,3H3/q+1/i14D,15D,17D. The second-order valence-electron chi connectivity index (χ2n) is 8.33. The molecular weight excluding hydrogens is 423 g/mol. The van der Waals surface area contributed by atoms with Crippen molar-refractivity contribution in [1.29, 1.82) is 0 Å². The number of aryl methyl sites for hydroxylation is 1. The Kier molecular flexibility index (Phi) is 3.78. The number of furan rings is 1. The number of aromatic nitrogens is 1. The van der Waals surface area contributed by atoms with Crippen molar-refractivity contribution < 1.29 is 17.5 Å². The van der Waals surface area contributed by atoms with Crippen LogP contribution in [0.4, 0.5) is 10.1 Å². The summed E-state index contributed by atoms with van der Waals surface area (Å²) in [5.74, 6) is -1.05. The minimum absolute atomic E-state index is 0.150. The Balaban J connectivity index is 1.74. The number of pyridine rings is 1. The lowest BCUT2D eigenvalue weighted by Crippen LogP contribution is -2.30. The van der Waals surface area contributed by atoms with E-state index in [2.05, 4.69) is 10.9 Å². The third-order valence-corrected chi connectivity index (χ3v) is 6.29. The van der Waals surface area contributed by atoms with Crippen molar-refractivity contribution in [2.45, 2.75) is 6.92 Å². The molecule has 162 valence electrons. The number of hydrogen-bond acceptors (Lipinski definition) is 1. The quantitative estimate of drug-likeness (QED) is 0.196. The van der Waals surface area contributed by atoms with E-state index in [1.54, 1.807) is 13.1 Å². The third-order valence-electron chi connectivity index (χ3n) is 6.29. The molecule has 2 aromatic heterocycles. The molecule has 0 atom stereocenters. The normalized spacial score (nSPS) is 12.6. The topological polar surface area (TPSA) is 21.4 Å². The maximum atomic E-state index is 14.8. The van der Waals surface area contributed by atoms with E-state index < -0.39 is 17.9 Å². The van der Waals surface area contributed by atoms with E-state index in [9.17, 15) is 4.39 Å². The second kappa shape index (κ2) is 7.54. The molecule has 0 bridgehead atoms. The van der Waals surface area contributed by atoms with Crippen LogP contribution < -0.4 is 4.57 Å². The van der Waals surface area contributed by atoms with Crippen LogP contribution in [0.25, 0.3) is 59.9 Å². The molecule has 4 heteroatoms. The van der Waals surface area contributed by atoms with E-state index in [4.69, 9.17) is 15.1 Å². The van der Waals surface area contributed by atoms with Gasteiger partial charge >= 0.3 is 0 Å². The van der Waals surface area contributed by atoms with Crippen LogP contribution in [-0.4, -0.2) is 0 Å². The molecule has 0 aliphatic heterocycles. The van der Waals surface area contributed by atoms with Gasteiger partial charge in [-0.25, -0.2) is 13.8 Å². The first-order chi connectivity index (χ1) is 17.8. The second-order valence-corrected chi connectivity index (χ2v) is 8.33. The van der Waals surface area contributed by atoms with Crippen LogP contribution in [0.5, 0.6) is 0 Å². The van der Waals surface area contributed by atoms with Crippen molar-refractivity contribution in [1.82, 2.24) is 0 Å². The molecule has 0 saturated carbocycles. The van der Waals surface area contributed by atoms with Gasteiger partial charge in [0, 0.05) is 28.4 Å². The van der Waals surface area contributed by atoms with Crippen molar-refractivity contribution in [3.8, 4) is 22.4 Å². The van der Waals surface area contributed by atoms with E-state index in [0.29, 0.717) is 33.2 Å². The Morgan fingerprint density at radius 3 is 2.65 bits per heavy atom. The van der Waals surface area contributed by atoms with Gasteiger partial charge in [0.1, 0.15) is 25.4 Å². The molecule has 0 aliphatic carbocycles. The molecule has 0 fully saturated rings. The van der Waals surface area contributed by atoms with Gasteiger partial charge in [0.25, 0.3) is 0 Å². The van der Waals surface area contributed by atoms with Crippen LogP contribution in [0.3, 0.4) is 0 Å². The van der Waals surface area contributed by atoms with Crippen molar-refractivity contribution in [3.05, 3.63) is 108 Å². The third kappa shape index (κ3) is 2.98. The summed E-state index contributed by atoms with van der Waals surface area (Å²) in [6.07, 6.45) is -0.338. The molecule has 0 saturated heterocycles. The molecule has 34 heavy (non-hydrogen) atoms. The summed E-state index contributed by atoms with van der Waals surface area (Å²) in [5.41, 5.74) is 4.46. The van der Waals surface area contributed by atoms with Crippen molar-refractivity contribution in [2.75, 3.05) is 0 Å². The number of nitrogens with zero attached hydrogens (tertiary/aromatic N) is 2. The van der Waals surface area contributed by atoms with Gasteiger partial charge in [-0.1, -0.05) is 60.7 Å². The Labute approximate surface area is 200 Å². The lowest BCUT2D eigenvalue weighted by atomic mass is 9.97. The van der Waals surface area contributed by atoms with Gasteiger partial charge in [-0.05, 0) is 34.9 Å². The van der Waals surface area contributed by atoms with Gasteiger partial charge in [0.2, 0.25) is 5.69 Å². The number of hydrogen-bond donors (Lipinski definition) is 0. The van der Waals surface area contributed by atoms with E-state index >= 15 is 0 Å². The van der Waals surface area contributed by atoms with Crippen LogP contribution in [0.2, 0.25) is 0 Å². The number of fused-ring (bicyclic) bond motifs is 4. The van der Waals surface area contributed by atoms with Crippen molar-refractivity contribution >= 4 is 38.4 Å². The highest BCUT2D eigenvalue weighted by Crippen LogP contribution is 2.44. The Morgan fingerprint density at radius 2 is 1.82 bits per heavy atom. The van der Waals surface area contributed by atoms with Crippen LogP contribution in [-0.2, 0) is 7.05 Å². The fourth-order valence-electron chi connectivity index (χ4n) is 4.63. The highest BCUT2D eigenvalue weighted by atomic mass is 19.1. The molecule has 6 aromatic rings. The van der Waals surface area contributed by atoms with Gasteiger partial charge < -0.3 is 4.42 Å². The van der Waals surface area contributed by atoms with E-state index in [-0.39, 0.29) is 11.9 Å². The van der Waals surface area contributed by atoms with Gasteiger partial charge in [-0.15, -0.1) is 0 Å². The molecule has 0 N–H and O–H groups in total. The zero-order valence-corrected chi connectivity index (χ0v) is 18.5. The largest absolute Gasteiger partial charge is 0.456 e. The first-order valence-electron chi connectivity index (χ1n) is 12.3. The number of rotatable bonds is 2. The Hall–Kier alpha value is -4.49. The molecule has 0 radical (unpaired) electrons. The Bertz CT molecular complexity index is 1940. The van der Waals surface area contributed by atoms with Crippen molar-refractivity contribution in [3.63, 3.8) is 0 Å². The van der Waals surface area contributed by atoms with Crippen LogP contribution in [0.15, 0.2) is 89.4 Å². The fourth-order valence-corrected chi connectivity index (χ4v) is 4.63. The number of benzene rings is 4. The van der Waals surface area contributed by atoms with Gasteiger partial charge in [0.15, 0.2) is 11.9 Å². The predicted octanol–water partition coefficient (Wildman–Crippen LogP) is 7.90. The van der Waals surface area contributed by atoms with Crippen LogP contribution >= 0.6 is 0 Å². The monoisotopic (exact) mass is 446 g/mol.